The Hall–Kier alpha value is -3.32. The first kappa shape index (κ1) is 15.2. The van der Waals surface area contributed by atoms with Crippen LogP contribution in [-0.2, 0) is 4.84 Å². The van der Waals surface area contributed by atoms with Crippen molar-refractivity contribution in [3.05, 3.63) is 76.8 Å². The highest BCUT2D eigenvalue weighted by atomic mass is 32.1. The Kier molecular flexibility index (Phi) is 3.62. The largest absolute Gasteiger partial charge is 0.375 e. The molecule has 2 amide bonds. The Balaban J connectivity index is 1.55. The predicted molar refractivity (Wildman–Crippen MR) is 89.9 cm³/mol. The van der Waals surface area contributed by atoms with E-state index in [4.69, 9.17) is 4.84 Å². The molecule has 1 aromatic heterocycles. The molecule has 3 aromatic rings. The second-order valence-electron chi connectivity index (χ2n) is 5.22. The summed E-state index contributed by atoms with van der Waals surface area (Å²) in [7, 11) is 0. The minimum atomic E-state index is -0.797. The van der Waals surface area contributed by atoms with Crippen molar-refractivity contribution < 1.29 is 19.2 Å². The highest BCUT2D eigenvalue weighted by Gasteiger charge is 2.39. The van der Waals surface area contributed by atoms with Gasteiger partial charge in [0.2, 0.25) is 0 Å². The molecule has 0 fully saturated rings. The molecule has 6 nitrogen and oxygen atoms in total. The molecule has 7 heteroatoms. The van der Waals surface area contributed by atoms with Crippen LogP contribution in [0.5, 0.6) is 0 Å². The van der Waals surface area contributed by atoms with Crippen LogP contribution in [0.2, 0.25) is 0 Å². The van der Waals surface area contributed by atoms with E-state index in [-0.39, 0.29) is 16.0 Å². The topological polar surface area (TPSA) is 76.6 Å². The van der Waals surface area contributed by atoms with E-state index in [9.17, 15) is 14.4 Å². The van der Waals surface area contributed by atoms with Crippen molar-refractivity contribution >= 4 is 29.1 Å². The van der Waals surface area contributed by atoms with Gasteiger partial charge in [0.05, 0.1) is 17.3 Å². The maximum atomic E-state index is 12.3. The smallest absolute Gasteiger partial charge is 0.323 e. The summed E-state index contributed by atoms with van der Waals surface area (Å²) in [6.07, 6.45) is 1.37. The number of thiazole rings is 1. The molecule has 1 aliphatic rings. The van der Waals surface area contributed by atoms with Gasteiger partial charge in [-0.05, 0) is 12.1 Å². The Morgan fingerprint density at radius 1 is 0.920 bits per heavy atom. The first-order chi connectivity index (χ1) is 12.1. The van der Waals surface area contributed by atoms with Crippen LogP contribution in [0, 0.1) is 0 Å². The van der Waals surface area contributed by atoms with Crippen LogP contribution < -0.4 is 0 Å². The number of carbonyl (C=O) groups excluding carboxylic acids is 3. The Bertz CT molecular complexity index is 962. The van der Waals surface area contributed by atoms with Crippen LogP contribution in [0.3, 0.4) is 0 Å². The number of fused-ring (bicyclic) bond motifs is 1. The van der Waals surface area contributed by atoms with E-state index in [0.29, 0.717) is 10.1 Å². The lowest BCUT2D eigenvalue weighted by molar-refractivity contribution is -0.0581. The molecule has 0 aliphatic carbocycles. The molecular formula is C18H10N2O4S. The molecule has 0 radical (unpaired) electrons. The SMILES string of the molecule is O=C(ON1C(=O)c2ccccc2C1=O)c1cnc(-c2ccccc2)s1. The highest BCUT2D eigenvalue weighted by Crippen LogP contribution is 2.27. The van der Waals surface area contributed by atoms with E-state index >= 15 is 0 Å². The summed E-state index contributed by atoms with van der Waals surface area (Å²) >= 11 is 1.13. The Morgan fingerprint density at radius 3 is 2.16 bits per heavy atom. The summed E-state index contributed by atoms with van der Waals surface area (Å²) in [5.74, 6) is -2.10. The summed E-state index contributed by atoms with van der Waals surface area (Å²) in [5, 5.41) is 1.14. The standard InChI is InChI=1S/C18H10N2O4S/c21-16-12-8-4-5-9-13(12)17(22)20(16)24-18(23)14-10-19-15(25-14)11-6-2-1-3-7-11/h1-10H. The fourth-order valence-corrected chi connectivity index (χ4v) is 3.25. The van der Waals surface area contributed by atoms with Gasteiger partial charge in [-0.2, -0.15) is 0 Å². The van der Waals surface area contributed by atoms with Gasteiger partial charge >= 0.3 is 5.97 Å². The van der Waals surface area contributed by atoms with Crippen molar-refractivity contribution in [3.8, 4) is 10.6 Å². The third kappa shape index (κ3) is 2.60. The van der Waals surface area contributed by atoms with Crippen molar-refractivity contribution in [1.29, 1.82) is 0 Å². The molecule has 25 heavy (non-hydrogen) atoms. The molecule has 0 bridgehead atoms. The van der Waals surface area contributed by atoms with Crippen molar-refractivity contribution in [3.63, 3.8) is 0 Å². The summed E-state index contributed by atoms with van der Waals surface area (Å²) in [6, 6.07) is 15.7. The zero-order valence-electron chi connectivity index (χ0n) is 12.7. The number of aromatic nitrogens is 1. The van der Waals surface area contributed by atoms with Crippen molar-refractivity contribution in [1.82, 2.24) is 10.0 Å². The lowest BCUT2D eigenvalue weighted by atomic mass is 10.1. The van der Waals surface area contributed by atoms with Crippen LogP contribution in [0.1, 0.15) is 30.4 Å². The second-order valence-corrected chi connectivity index (χ2v) is 6.26. The number of carbonyl (C=O) groups is 3. The van der Waals surface area contributed by atoms with Crippen LogP contribution >= 0.6 is 11.3 Å². The van der Waals surface area contributed by atoms with E-state index in [2.05, 4.69) is 4.98 Å². The van der Waals surface area contributed by atoms with Gasteiger partial charge in [-0.3, -0.25) is 9.59 Å². The second kappa shape index (κ2) is 5.95. The predicted octanol–water partition coefficient (Wildman–Crippen LogP) is 3.18. The molecule has 0 saturated heterocycles. The first-order valence-electron chi connectivity index (χ1n) is 7.36. The zero-order chi connectivity index (χ0) is 17.4. The number of rotatable bonds is 3. The molecule has 0 spiro atoms. The molecule has 122 valence electrons. The number of hydrogen-bond donors (Lipinski definition) is 0. The normalized spacial score (nSPS) is 13.0. The summed E-state index contributed by atoms with van der Waals surface area (Å²) in [6.45, 7) is 0. The molecule has 4 rings (SSSR count). The average molecular weight is 350 g/mol. The third-order valence-electron chi connectivity index (χ3n) is 3.66. The summed E-state index contributed by atoms with van der Waals surface area (Å²) in [4.78, 5) is 46.1. The van der Waals surface area contributed by atoms with Crippen LogP contribution in [0.25, 0.3) is 10.6 Å². The first-order valence-corrected chi connectivity index (χ1v) is 8.18. The molecular weight excluding hydrogens is 340 g/mol. The Morgan fingerprint density at radius 2 is 1.52 bits per heavy atom. The quantitative estimate of drug-likeness (QED) is 0.678. The summed E-state index contributed by atoms with van der Waals surface area (Å²) < 4.78 is 0. The number of benzene rings is 2. The van der Waals surface area contributed by atoms with E-state index in [1.807, 2.05) is 30.3 Å². The van der Waals surface area contributed by atoms with Gasteiger partial charge < -0.3 is 4.84 Å². The van der Waals surface area contributed by atoms with Crippen LogP contribution in [0.4, 0.5) is 0 Å². The number of imide groups is 1. The molecule has 0 N–H and O–H groups in total. The van der Waals surface area contributed by atoms with E-state index in [1.165, 1.54) is 18.3 Å². The number of hydrogen-bond acceptors (Lipinski definition) is 6. The summed E-state index contributed by atoms with van der Waals surface area (Å²) in [5.41, 5.74) is 1.30. The van der Waals surface area contributed by atoms with Crippen molar-refractivity contribution in [2.24, 2.45) is 0 Å². The number of nitrogens with zero attached hydrogens (tertiary/aromatic N) is 2. The molecule has 0 saturated carbocycles. The maximum absolute atomic E-state index is 12.3. The molecule has 2 heterocycles. The minimum Gasteiger partial charge on any atom is -0.323 e. The van der Waals surface area contributed by atoms with Gasteiger partial charge in [0, 0.05) is 5.56 Å². The van der Waals surface area contributed by atoms with Gasteiger partial charge in [0.25, 0.3) is 11.8 Å². The molecule has 1 aliphatic heterocycles. The minimum absolute atomic E-state index is 0.204. The highest BCUT2D eigenvalue weighted by molar-refractivity contribution is 7.16. The fourth-order valence-electron chi connectivity index (χ4n) is 2.46. The van der Waals surface area contributed by atoms with Gasteiger partial charge in [-0.1, -0.05) is 47.5 Å². The van der Waals surface area contributed by atoms with Crippen molar-refractivity contribution in [2.75, 3.05) is 0 Å². The van der Waals surface area contributed by atoms with Gasteiger partial charge in [-0.15, -0.1) is 11.3 Å². The van der Waals surface area contributed by atoms with Crippen LogP contribution in [0.15, 0.2) is 60.8 Å². The van der Waals surface area contributed by atoms with E-state index < -0.39 is 17.8 Å². The lowest BCUT2D eigenvalue weighted by Crippen LogP contribution is -2.32. The maximum Gasteiger partial charge on any atom is 0.375 e. The number of amides is 2. The van der Waals surface area contributed by atoms with E-state index in [0.717, 1.165) is 16.9 Å². The zero-order valence-corrected chi connectivity index (χ0v) is 13.5. The Labute approximate surface area is 146 Å². The van der Waals surface area contributed by atoms with Gasteiger partial charge in [-0.25, -0.2) is 9.78 Å². The van der Waals surface area contributed by atoms with Gasteiger partial charge in [0.1, 0.15) is 9.88 Å². The van der Waals surface area contributed by atoms with Gasteiger partial charge in [0.15, 0.2) is 0 Å². The fraction of sp³-hybridized carbons (Fsp3) is 0. The van der Waals surface area contributed by atoms with Crippen LogP contribution in [-0.4, -0.2) is 27.8 Å². The lowest BCUT2D eigenvalue weighted by Gasteiger charge is -2.11. The monoisotopic (exact) mass is 350 g/mol. The molecule has 2 aromatic carbocycles. The number of hydroxylamine groups is 2. The third-order valence-corrected chi connectivity index (χ3v) is 4.69. The average Bonchev–Trinajstić information content (AvgIpc) is 3.23. The van der Waals surface area contributed by atoms with Crippen molar-refractivity contribution in [2.45, 2.75) is 0 Å². The van der Waals surface area contributed by atoms with E-state index in [1.54, 1.807) is 12.1 Å². The molecule has 0 unspecified atom stereocenters. The molecule has 0 atom stereocenters.